The highest BCUT2D eigenvalue weighted by Crippen LogP contribution is 2.30. The number of nitrogens with zero attached hydrogens (tertiary/aromatic N) is 2. The van der Waals surface area contributed by atoms with E-state index in [9.17, 15) is 4.79 Å². The lowest BCUT2D eigenvalue weighted by molar-refractivity contribution is 0.310. The van der Waals surface area contributed by atoms with Crippen LogP contribution >= 0.6 is 11.6 Å². The summed E-state index contributed by atoms with van der Waals surface area (Å²) in [5.41, 5.74) is 3.21. The fraction of sp³-hybridized carbons (Fsp3) is 0.214. The molecule has 0 radical (unpaired) electrons. The van der Waals surface area contributed by atoms with Crippen LogP contribution in [0.15, 0.2) is 34.3 Å². The SMILES string of the molecule is CCOc1c(/C=N\Nc2cn[nH]c(=O)c2Cl)cccc1OC. The van der Waals surface area contributed by atoms with Crippen molar-refractivity contribution in [2.45, 2.75) is 6.92 Å². The molecule has 0 aliphatic carbocycles. The van der Waals surface area contributed by atoms with Crippen molar-refractivity contribution in [3.8, 4) is 11.5 Å². The molecule has 0 amide bonds. The standard InChI is InChI=1S/C14H15ClN4O3/c1-3-22-13-9(5-4-6-11(13)21-2)7-16-18-10-8-17-19-14(20)12(10)15/h4-8H,3H2,1-2H3,(H2,18,19,20)/b16-7-. The van der Waals surface area contributed by atoms with Crippen molar-refractivity contribution in [2.24, 2.45) is 5.10 Å². The third-order valence-electron chi connectivity index (χ3n) is 2.70. The van der Waals surface area contributed by atoms with E-state index in [4.69, 9.17) is 21.1 Å². The van der Waals surface area contributed by atoms with Crippen molar-refractivity contribution >= 4 is 23.5 Å². The molecule has 0 aliphatic heterocycles. The van der Waals surface area contributed by atoms with Crippen LogP contribution in [0.25, 0.3) is 0 Å². The summed E-state index contributed by atoms with van der Waals surface area (Å²) in [5, 5.41) is 9.90. The largest absolute Gasteiger partial charge is 0.493 e. The number of aromatic amines is 1. The number of halogens is 1. The van der Waals surface area contributed by atoms with Crippen molar-refractivity contribution in [1.82, 2.24) is 10.2 Å². The summed E-state index contributed by atoms with van der Waals surface area (Å²) in [4.78, 5) is 11.3. The van der Waals surface area contributed by atoms with Gasteiger partial charge in [-0.15, -0.1) is 0 Å². The van der Waals surface area contributed by atoms with Gasteiger partial charge in [0.2, 0.25) is 0 Å². The van der Waals surface area contributed by atoms with E-state index in [1.54, 1.807) is 19.4 Å². The molecular weight excluding hydrogens is 308 g/mol. The number of nitrogens with one attached hydrogen (secondary N) is 2. The Morgan fingerprint density at radius 3 is 3.05 bits per heavy atom. The van der Waals surface area contributed by atoms with Crippen molar-refractivity contribution in [2.75, 3.05) is 19.1 Å². The number of hydrogen-bond donors (Lipinski definition) is 2. The Hall–Kier alpha value is -2.54. The minimum Gasteiger partial charge on any atom is -0.493 e. The molecule has 0 atom stereocenters. The molecule has 22 heavy (non-hydrogen) atoms. The summed E-state index contributed by atoms with van der Waals surface area (Å²) in [5.74, 6) is 1.20. The molecule has 0 spiro atoms. The van der Waals surface area contributed by atoms with Crippen LogP contribution in [0.3, 0.4) is 0 Å². The highest BCUT2D eigenvalue weighted by Gasteiger charge is 2.08. The number of para-hydroxylation sites is 1. The van der Waals surface area contributed by atoms with Gasteiger partial charge in [0, 0.05) is 5.56 Å². The number of anilines is 1. The number of aromatic nitrogens is 2. The first kappa shape index (κ1) is 15.8. The summed E-state index contributed by atoms with van der Waals surface area (Å²) in [6.45, 7) is 2.38. The van der Waals surface area contributed by atoms with E-state index >= 15 is 0 Å². The van der Waals surface area contributed by atoms with Gasteiger partial charge in [-0.2, -0.15) is 10.2 Å². The van der Waals surface area contributed by atoms with E-state index in [1.165, 1.54) is 6.20 Å². The molecule has 8 heteroatoms. The van der Waals surface area contributed by atoms with Crippen LogP contribution < -0.4 is 20.5 Å². The molecule has 2 rings (SSSR count). The molecule has 0 aliphatic rings. The van der Waals surface area contributed by atoms with Gasteiger partial charge in [0.15, 0.2) is 11.5 Å². The molecule has 0 fully saturated rings. The number of methoxy groups -OCH3 is 1. The number of hydrogen-bond acceptors (Lipinski definition) is 6. The van der Waals surface area contributed by atoms with E-state index in [2.05, 4.69) is 20.7 Å². The van der Waals surface area contributed by atoms with E-state index in [0.29, 0.717) is 23.8 Å². The van der Waals surface area contributed by atoms with E-state index in [1.807, 2.05) is 19.1 Å². The predicted octanol–water partition coefficient (Wildman–Crippen LogP) is 2.28. The second-order valence-corrected chi connectivity index (χ2v) is 4.49. The van der Waals surface area contributed by atoms with Gasteiger partial charge in [0.1, 0.15) is 10.7 Å². The summed E-state index contributed by atoms with van der Waals surface area (Å²) < 4.78 is 10.8. The number of benzene rings is 1. The Balaban J connectivity index is 2.23. The Morgan fingerprint density at radius 1 is 1.50 bits per heavy atom. The van der Waals surface area contributed by atoms with Crippen LogP contribution in [0.2, 0.25) is 5.02 Å². The van der Waals surface area contributed by atoms with Crippen LogP contribution in [-0.2, 0) is 0 Å². The highest BCUT2D eigenvalue weighted by atomic mass is 35.5. The number of H-pyrrole nitrogens is 1. The molecule has 2 aromatic rings. The van der Waals surface area contributed by atoms with Gasteiger partial charge < -0.3 is 9.47 Å². The van der Waals surface area contributed by atoms with Crippen LogP contribution in [0.1, 0.15) is 12.5 Å². The normalized spacial score (nSPS) is 10.7. The molecular formula is C14H15ClN4O3. The minimum absolute atomic E-state index is 0.0113. The monoisotopic (exact) mass is 322 g/mol. The molecule has 1 aromatic carbocycles. The second-order valence-electron chi connectivity index (χ2n) is 4.11. The fourth-order valence-corrected chi connectivity index (χ4v) is 1.86. The lowest BCUT2D eigenvalue weighted by atomic mass is 10.2. The van der Waals surface area contributed by atoms with Crippen LogP contribution in [0, 0.1) is 0 Å². The molecule has 0 unspecified atom stereocenters. The van der Waals surface area contributed by atoms with Crippen molar-refractivity contribution in [3.05, 3.63) is 45.3 Å². The maximum atomic E-state index is 11.3. The quantitative estimate of drug-likeness (QED) is 0.629. The summed E-state index contributed by atoms with van der Waals surface area (Å²) >= 11 is 5.84. The zero-order valence-electron chi connectivity index (χ0n) is 12.1. The van der Waals surface area contributed by atoms with Gasteiger partial charge in [-0.25, -0.2) is 5.10 Å². The number of hydrazone groups is 1. The van der Waals surface area contributed by atoms with E-state index in [-0.39, 0.29) is 5.02 Å². The average molecular weight is 323 g/mol. The Kier molecular flexibility index (Phi) is 5.37. The van der Waals surface area contributed by atoms with Gasteiger partial charge in [0.05, 0.1) is 26.1 Å². The van der Waals surface area contributed by atoms with Crippen molar-refractivity contribution in [1.29, 1.82) is 0 Å². The van der Waals surface area contributed by atoms with E-state index in [0.717, 1.165) is 5.56 Å². The van der Waals surface area contributed by atoms with Crippen LogP contribution in [0.5, 0.6) is 11.5 Å². The first-order chi connectivity index (χ1) is 10.7. The lowest BCUT2D eigenvalue weighted by Gasteiger charge is -2.11. The topological polar surface area (TPSA) is 88.6 Å². The zero-order valence-corrected chi connectivity index (χ0v) is 12.8. The molecule has 1 heterocycles. The van der Waals surface area contributed by atoms with Gasteiger partial charge in [-0.05, 0) is 19.1 Å². The Bertz CT molecular complexity index is 730. The maximum absolute atomic E-state index is 11.3. The lowest BCUT2D eigenvalue weighted by Crippen LogP contribution is -2.10. The molecule has 0 saturated carbocycles. The third-order valence-corrected chi connectivity index (χ3v) is 3.08. The van der Waals surface area contributed by atoms with Crippen molar-refractivity contribution < 1.29 is 9.47 Å². The average Bonchev–Trinajstić information content (AvgIpc) is 2.53. The van der Waals surface area contributed by atoms with Crippen LogP contribution in [-0.4, -0.2) is 30.1 Å². The second kappa shape index (κ2) is 7.46. The van der Waals surface area contributed by atoms with Gasteiger partial charge >= 0.3 is 0 Å². The predicted molar refractivity (Wildman–Crippen MR) is 85.2 cm³/mol. The molecule has 116 valence electrons. The summed E-state index contributed by atoms with van der Waals surface area (Å²) in [6, 6.07) is 5.45. The van der Waals surface area contributed by atoms with Gasteiger partial charge in [-0.1, -0.05) is 17.7 Å². The molecule has 1 aromatic heterocycles. The molecule has 0 saturated heterocycles. The first-order valence-corrected chi connectivity index (χ1v) is 6.87. The van der Waals surface area contributed by atoms with E-state index < -0.39 is 5.56 Å². The summed E-state index contributed by atoms with van der Waals surface area (Å²) in [7, 11) is 1.57. The fourth-order valence-electron chi connectivity index (χ4n) is 1.73. The third kappa shape index (κ3) is 3.56. The van der Waals surface area contributed by atoms with Crippen LogP contribution in [0.4, 0.5) is 5.69 Å². The zero-order chi connectivity index (χ0) is 15.9. The Labute approximate surface area is 131 Å². The number of rotatable bonds is 6. The van der Waals surface area contributed by atoms with Gasteiger partial charge in [0.25, 0.3) is 5.56 Å². The van der Waals surface area contributed by atoms with Crippen molar-refractivity contribution in [3.63, 3.8) is 0 Å². The number of ether oxygens (including phenoxy) is 2. The molecule has 7 nitrogen and oxygen atoms in total. The highest BCUT2D eigenvalue weighted by molar-refractivity contribution is 6.32. The molecule has 0 bridgehead atoms. The smallest absolute Gasteiger partial charge is 0.285 e. The minimum atomic E-state index is -0.488. The first-order valence-electron chi connectivity index (χ1n) is 6.49. The van der Waals surface area contributed by atoms with Gasteiger partial charge in [-0.3, -0.25) is 10.2 Å². The Morgan fingerprint density at radius 2 is 2.32 bits per heavy atom. The summed E-state index contributed by atoms with van der Waals surface area (Å²) in [6.07, 6.45) is 2.92. The molecule has 2 N–H and O–H groups in total. The maximum Gasteiger partial charge on any atom is 0.285 e.